The number of benzene rings is 2. The Labute approximate surface area is 135 Å². The van der Waals surface area contributed by atoms with Crippen LogP contribution in [0.3, 0.4) is 0 Å². The van der Waals surface area contributed by atoms with Crippen LogP contribution in [-0.2, 0) is 22.6 Å². The largest absolute Gasteiger partial charge is 0.491 e. The predicted molar refractivity (Wildman–Crippen MR) is 86.9 cm³/mol. The third-order valence-corrected chi connectivity index (χ3v) is 3.17. The van der Waals surface area contributed by atoms with Crippen LogP contribution in [0.4, 0.5) is 0 Å². The highest BCUT2D eigenvalue weighted by Crippen LogP contribution is 2.13. The number of aliphatic hydroxyl groups excluding tert-OH is 1. The van der Waals surface area contributed by atoms with Gasteiger partial charge in [-0.25, -0.2) is 0 Å². The van der Waals surface area contributed by atoms with Crippen molar-refractivity contribution in [3.05, 3.63) is 65.7 Å². The molecule has 0 radical (unpaired) electrons. The van der Waals surface area contributed by atoms with E-state index in [0.717, 1.165) is 11.1 Å². The Morgan fingerprint density at radius 2 is 1.70 bits per heavy atom. The molecule has 23 heavy (non-hydrogen) atoms. The van der Waals surface area contributed by atoms with E-state index in [9.17, 15) is 9.90 Å². The average molecular weight is 315 g/mol. The van der Waals surface area contributed by atoms with Crippen molar-refractivity contribution >= 4 is 5.91 Å². The van der Waals surface area contributed by atoms with Crippen LogP contribution in [0.1, 0.15) is 11.1 Å². The van der Waals surface area contributed by atoms with E-state index in [2.05, 4.69) is 0 Å². The van der Waals surface area contributed by atoms with Crippen LogP contribution in [0, 0.1) is 0 Å². The van der Waals surface area contributed by atoms with Gasteiger partial charge in [-0.2, -0.15) is 0 Å². The summed E-state index contributed by atoms with van der Waals surface area (Å²) in [5, 5.41) is 9.85. The molecule has 1 unspecified atom stereocenters. The molecular formula is C18H21NO4. The Bertz CT molecular complexity index is 598. The summed E-state index contributed by atoms with van der Waals surface area (Å²) in [5.41, 5.74) is 7.02. The maximum atomic E-state index is 10.8. The highest BCUT2D eigenvalue weighted by atomic mass is 16.5. The van der Waals surface area contributed by atoms with Gasteiger partial charge in [0.2, 0.25) is 5.91 Å². The normalized spacial score (nSPS) is 11.9. The first-order chi connectivity index (χ1) is 11.1. The Morgan fingerprint density at radius 1 is 1.00 bits per heavy atom. The molecule has 1 amide bonds. The molecule has 0 spiro atoms. The van der Waals surface area contributed by atoms with Gasteiger partial charge in [-0.15, -0.1) is 0 Å². The van der Waals surface area contributed by atoms with Gasteiger partial charge in [-0.1, -0.05) is 42.5 Å². The molecule has 3 N–H and O–H groups in total. The third-order valence-electron chi connectivity index (χ3n) is 3.17. The number of nitrogens with two attached hydrogens (primary N) is 1. The molecule has 0 saturated carbocycles. The van der Waals surface area contributed by atoms with Crippen molar-refractivity contribution in [3.63, 3.8) is 0 Å². The van der Waals surface area contributed by atoms with Crippen LogP contribution in [0.2, 0.25) is 0 Å². The average Bonchev–Trinajstić information content (AvgIpc) is 2.55. The van der Waals surface area contributed by atoms with E-state index in [1.165, 1.54) is 0 Å². The molecule has 5 nitrogen and oxygen atoms in total. The predicted octanol–water partition coefficient (Wildman–Crippen LogP) is 1.67. The molecule has 5 heteroatoms. The zero-order valence-corrected chi connectivity index (χ0v) is 12.9. The van der Waals surface area contributed by atoms with Gasteiger partial charge in [0.15, 0.2) is 0 Å². The molecule has 2 aromatic rings. The first kappa shape index (κ1) is 17.0. The number of amides is 1. The molecule has 2 rings (SSSR count). The Kier molecular flexibility index (Phi) is 6.59. The second-order valence-corrected chi connectivity index (χ2v) is 5.25. The molecule has 1 atom stereocenters. The minimum absolute atomic E-state index is 0.143. The van der Waals surface area contributed by atoms with E-state index in [4.69, 9.17) is 15.2 Å². The molecular weight excluding hydrogens is 294 g/mol. The molecule has 0 aliphatic carbocycles. The Hall–Kier alpha value is -2.37. The summed E-state index contributed by atoms with van der Waals surface area (Å²) < 4.78 is 10.9. The highest BCUT2D eigenvalue weighted by Gasteiger charge is 2.06. The van der Waals surface area contributed by atoms with Crippen LogP contribution < -0.4 is 10.5 Å². The van der Waals surface area contributed by atoms with Crippen molar-refractivity contribution in [2.24, 2.45) is 5.73 Å². The standard InChI is InChI=1S/C18H21NO4/c19-18(21)10-14-6-8-17(9-7-14)23-13-16(20)12-22-11-15-4-2-1-3-5-15/h1-9,16,20H,10-13H2,(H2,19,21). The number of ether oxygens (including phenoxy) is 2. The van der Waals surface area contributed by atoms with Gasteiger partial charge in [0.1, 0.15) is 18.5 Å². The monoisotopic (exact) mass is 315 g/mol. The van der Waals surface area contributed by atoms with Crippen molar-refractivity contribution in [2.75, 3.05) is 13.2 Å². The molecule has 0 saturated heterocycles. The number of rotatable bonds is 9. The Morgan fingerprint density at radius 3 is 2.35 bits per heavy atom. The minimum Gasteiger partial charge on any atom is -0.491 e. The second-order valence-electron chi connectivity index (χ2n) is 5.25. The van der Waals surface area contributed by atoms with E-state index >= 15 is 0 Å². The lowest BCUT2D eigenvalue weighted by molar-refractivity contribution is -0.117. The van der Waals surface area contributed by atoms with Crippen molar-refractivity contribution in [3.8, 4) is 5.75 Å². The fourth-order valence-electron chi connectivity index (χ4n) is 2.03. The molecule has 122 valence electrons. The highest BCUT2D eigenvalue weighted by molar-refractivity contribution is 5.76. The number of primary amides is 1. The van der Waals surface area contributed by atoms with Crippen LogP contribution in [0.25, 0.3) is 0 Å². The first-order valence-electron chi connectivity index (χ1n) is 7.43. The van der Waals surface area contributed by atoms with Gasteiger partial charge in [0.05, 0.1) is 19.6 Å². The SMILES string of the molecule is NC(=O)Cc1ccc(OCC(O)COCc2ccccc2)cc1. The molecule has 0 heterocycles. The van der Waals surface area contributed by atoms with E-state index in [1.807, 2.05) is 30.3 Å². The second kappa shape index (κ2) is 8.92. The summed E-state index contributed by atoms with van der Waals surface area (Å²) in [6, 6.07) is 16.8. The summed E-state index contributed by atoms with van der Waals surface area (Å²) in [4.78, 5) is 10.8. The first-order valence-corrected chi connectivity index (χ1v) is 7.43. The van der Waals surface area contributed by atoms with Crippen molar-refractivity contribution in [1.29, 1.82) is 0 Å². The molecule has 0 fully saturated rings. The van der Waals surface area contributed by atoms with Crippen LogP contribution in [0.5, 0.6) is 5.75 Å². The molecule has 0 aliphatic rings. The van der Waals surface area contributed by atoms with Crippen LogP contribution in [-0.4, -0.2) is 30.3 Å². The van der Waals surface area contributed by atoms with Crippen molar-refractivity contribution in [2.45, 2.75) is 19.1 Å². The summed E-state index contributed by atoms with van der Waals surface area (Å²) in [6.07, 6.45) is -0.500. The number of hydrogen-bond acceptors (Lipinski definition) is 4. The minimum atomic E-state index is -0.705. The third kappa shape index (κ3) is 6.50. The van der Waals surface area contributed by atoms with E-state index in [-0.39, 0.29) is 25.5 Å². The van der Waals surface area contributed by atoms with Gasteiger partial charge in [-0.3, -0.25) is 4.79 Å². The van der Waals surface area contributed by atoms with E-state index in [1.54, 1.807) is 24.3 Å². The number of hydrogen-bond donors (Lipinski definition) is 2. The summed E-state index contributed by atoms with van der Waals surface area (Å²) in [6.45, 7) is 0.804. The summed E-state index contributed by atoms with van der Waals surface area (Å²) in [7, 11) is 0. The number of aliphatic hydroxyl groups is 1. The quantitative estimate of drug-likeness (QED) is 0.737. The van der Waals surface area contributed by atoms with E-state index in [0.29, 0.717) is 12.4 Å². The number of carbonyl (C=O) groups is 1. The van der Waals surface area contributed by atoms with Crippen molar-refractivity contribution in [1.82, 2.24) is 0 Å². The smallest absolute Gasteiger partial charge is 0.221 e. The van der Waals surface area contributed by atoms with Gasteiger partial charge in [0, 0.05) is 0 Å². The molecule has 0 bridgehead atoms. The van der Waals surface area contributed by atoms with Gasteiger partial charge in [-0.05, 0) is 23.3 Å². The topological polar surface area (TPSA) is 81.8 Å². The fraction of sp³-hybridized carbons (Fsp3) is 0.278. The van der Waals surface area contributed by atoms with Gasteiger partial charge >= 0.3 is 0 Å². The number of carbonyl (C=O) groups excluding carboxylic acids is 1. The lowest BCUT2D eigenvalue weighted by Crippen LogP contribution is -2.23. The van der Waals surface area contributed by atoms with Gasteiger partial charge < -0.3 is 20.3 Å². The maximum absolute atomic E-state index is 10.8. The van der Waals surface area contributed by atoms with Crippen molar-refractivity contribution < 1.29 is 19.4 Å². The zero-order chi connectivity index (χ0) is 16.5. The molecule has 2 aromatic carbocycles. The summed E-state index contributed by atoms with van der Waals surface area (Å²) >= 11 is 0. The van der Waals surface area contributed by atoms with Crippen LogP contribution in [0.15, 0.2) is 54.6 Å². The van der Waals surface area contributed by atoms with Gasteiger partial charge in [0.25, 0.3) is 0 Å². The van der Waals surface area contributed by atoms with E-state index < -0.39 is 6.10 Å². The summed E-state index contributed by atoms with van der Waals surface area (Å²) in [5.74, 6) is 0.255. The lowest BCUT2D eigenvalue weighted by Gasteiger charge is -2.13. The zero-order valence-electron chi connectivity index (χ0n) is 12.9. The maximum Gasteiger partial charge on any atom is 0.221 e. The fourth-order valence-corrected chi connectivity index (χ4v) is 2.03. The Balaban J connectivity index is 1.67. The molecule has 0 aliphatic heterocycles. The lowest BCUT2D eigenvalue weighted by atomic mass is 10.1. The van der Waals surface area contributed by atoms with Crippen LogP contribution >= 0.6 is 0 Å². The molecule has 0 aromatic heterocycles.